The number of anilines is 1. The maximum absolute atomic E-state index is 12.3. The van der Waals surface area contributed by atoms with E-state index in [1.165, 1.54) is 0 Å². The van der Waals surface area contributed by atoms with E-state index in [1.807, 2.05) is 12.1 Å². The molecule has 1 fully saturated rings. The van der Waals surface area contributed by atoms with Gasteiger partial charge in [0.25, 0.3) is 0 Å². The number of nitrogens with one attached hydrogen (secondary N) is 2. The highest BCUT2D eigenvalue weighted by molar-refractivity contribution is 9.11. The molecule has 1 aliphatic rings. The molecule has 0 radical (unpaired) electrons. The van der Waals surface area contributed by atoms with Gasteiger partial charge in [-0.05, 0) is 57.0 Å². The minimum absolute atomic E-state index is 0.0130. The summed E-state index contributed by atoms with van der Waals surface area (Å²) in [6, 6.07) is 4.31. The second kappa shape index (κ2) is 8.06. The Morgan fingerprint density at radius 3 is 2.43 bits per heavy atom. The molecule has 1 aromatic carbocycles. The molecule has 1 aliphatic heterocycles. The second-order valence-corrected chi connectivity index (χ2v) is 7.70. The predicted octanol–water partition coefficient (Wildman–Crippen LogP) is 3.60. The van der Waals surface area contributed by atoms with Crippen molar-refractivity contribution in [3.63, 3.8) is 0 Å². The Kier molecular flexibility index (Phi) is 6.68. The van der Waals surface area contributed by atoms with Gasteiger partial charge in [-0.1, -0.05) is 22.9 Å². The van der Waals surface area contributed by atoms with Gasteiger partial charge in [0, 0.05) is 32.5 Å². The lowest BCUT2D eigenvalue weighted by molar-refractivity contribution is -0.118. The van der Waals surface area contributed by atoms with Gasteiger partial charge in [0.2, 0.25) is 5.91 Å². The van der Waals surface area contributed by atoms with E-state index in [0.29, 0.717) is 12.6 Å². The number of hydrogen-bond acceptors (Lipinski definition) is 3. The van der Waals surface area contributed by atoms with Crippen molar-refractivity contribution in [3.05, 3.63) is 25.6 Å². The summed E-state index contributed by atoms with van der Waals surface area (Å²) in [7, 11) is 0. The van der Waals surface area contributed by atoms with E-state index in [9.17, 15) is 4.79 Å². The number of nitrogens with zero attached hydrogens (tertiary/aromatic N) is 1. The Morgan fingerprint density at radius 1 is 1.33 bits per heavy atom. The van der Waals surface area contributed by atoms with Crippen molar-refractivity contribution < 1.29 is 4.79 Å². The van der Waals surface area contributed by atoms with E-state index in [2.05, 4.69) is 70.2 Å². The van der Waals surface area contributed by atoms with E-state index in [4.69, 9.17) is 0 Å². The van der Waals surface area contributed by atoms with Crippen molar-refractivity contribution in [3.8, 4) is 0 Å². The first kappa shape index (κ1) is 17.4. The molecule has 1 amide bonds. The van der Waals surface area contributed by atoms with Crippen LogP contribution in [-0.4, -0.2) is 43.0 Å². The topological polar surface area (TPSA) is 44.4 Å². The van der Waals surface area contributed by atoms with Crippen LogP contribution < -0.4 is 10.6 Å². The van der Waals surface area contributed by atoms with Crippen molar-refractivity contribution in [1.82, 2.24) is 10.2 Å². The third-order valence-electron chi connectivity index (χ3n) is 3.41. The van der Waals surface area contributed by atoms with Crippen molar-refractivity contribution in [2.45, 2.75) is 19.4 Å². The number of amides is 1. The molecule has 0 atom stereocenters. The van der Waals surface area contributed by atoms with Gasteiger partial charge >= 0.3 is 0 Å². The monoisotopic (exact) mass is 481 g/mol. The third kappa shape index (κ3) is 4.76. The molecule has 0 bridgehead atoms. The number of carbonyl (C=O) groups excluding carboxylic acids is 1. The number of benzene rings is 1. The number of rotatable bonds is 6. The molecule has 0 aromatic heterocycles. The summed E-state index contributed by atoms with van der Waals surface area (Å²) in [5.41, 5.74) is 0.770. The zero-order valence-electron chi connectivity index (χ0n) is 11.8. The van der Waals surface area contributed by atoms with E-state index in [-0.39, 0.29) is 5.91 Å². The molecule has 116 valence electrons. The van der Waals surface area contributed by atoms with Crippen LogP contribution >= 0.6 is 47.8 Å². The molecule has 7 heteroatoms. The third-order valence-corrected chi connectivity index (χ3v) is 5.11. The second-order valence-electron chi connectivity index (χ2n) is 5.08. The first-order valence-corrected chi connectivity index (χ1v) is 9.28. The summed E-state index contributed by atoms with van der Waals surface area (Å²) < 4.78 is 2.65. The van der Waals surface area contributed by atoms with Crippen LogP contribution in [0.4, 0.5) is 5.69 Å². The molecule has 1 aromatic rings. The molecule has 0 saturated carbocycles. The Hall–Kier alpha value is 0.0500. The van der Waals surface area contributed by atoms with Crippen molar-refractivity contribution in [1.29, 1.82) is 0 Å². The fraction of sp³-hybridized carbons (Fsp3) is 0.500. The summed E-state index contributed by atoms with van der Waals surface area (Å²) in [6.45, 7) is 5.45. The highest BCUT2D eigenvalue weighted by Gasteiger charge is 2.25. The molecular formula is C14H18Br3N3O. The average Bonchev–Trinajstić information content (AvgIpc) is 2.31. The minimum Gasteiger partial charge on any atom is -0.323 e. The lowest BCUT2D eigenvalue weighted by Crippen LogP contribution is -2.58. The standard InChI is InChI=1S/C14H18Br3N3O/c1-2-3-20(10-6-18-7-10)8-13(21)19-14-11(16)4-9(15)5-12(14)17/h4-5,10,18H,2-3,6-8H2,1H3,(H,19,21). The van der Waals surface area contributed by atoms with Crippen LogP contribution in [-0.2, 0) is 4.79 Å². The maximum Gasteiger partial charge on any atom is 0.238 e. The summed E-state index contributed by atoms with van der Waals surface area (Å²) in [5.74, 6) is 0.0130. The van der Waals surface area contributed by atoms with E-state index in [1.54, 1.807) is 0 Å². The maximum atomic E-state index is 12.3. The van der Waals surface area contributed by atoms with E-state index in [0.717, 1.165) is 45.2 Å². The molecule has 2 rings (SSSR count). The predicted molar refractivity (Wildman–Crippen MR) is 96.7 cm³/mol. The zero-order chi connectivity index (χ0) is 15.4. The summed E-state index contributed by atoms with van der Waals surface area (Å²) in [4.78, 5) is 14.5. The molecular weight excluding hydrogens is 466 g/mol. The quantitative estimate of drug-likeness (QED) is 0.650. The Bertz CT molecular complexity index is 497. The van der Waals surface area contributed by atoms with Gasteiger partial charge in [0.15, 0.2) is 0 Å². The summed E-state index contributed by atoms with van der Waals surface area (Å²) in [5, 5.41) is 6.24. The van der Waals surface area contributed by atoms with Crippen LogP contribution in [0.5, 0.6) is 0 Å². The molecule has 2 N–H and O–H groups in total. The Morgan fingerprint density at radius 2 is 1.95 bits per heavy atom. The summed E-state index contributed by atoms with van der Waals surface area (Å²) in [6.07, 6.45) is 1.05. The van der Waals surface area contributed by atoms with Gasteiger partial charge < -0.3 is 10.6 Å². The van der Waals surface area contributed by atoms with Gasteiger partial charge in [-0.15, -0.1) is 0 Å². The van der Waals surface area contributed by atoms with Gasteiger partial charge in [0.05, 0.1) is 12.2 Å². The Balaban J connectivity index is 2.00. The molecule has 1 saturated heterocycles. The van der Waals surface area contributed by atoms with E-state index < -0.39 is 0 Å². The smallest absolute Gasteiger partial charge is 0.238 e. The lowest BCUT2D eigenvalue weighted by atomic mass is 10.1. The molecule has 21 heavy (non-hydrogen) atoms. The van der Waals surface area contributed by atoms with Gasteiger partial charge in [-0.2, -0.15) is 0 Å². The van der Waals surface area contributed by atoms with Crippen LogP contribution in [0.25, 0.3) is 0 Å². The molecule has 0 aliphatic carbocycles. The van der Waals surface area contributed by atoms with Crippen molar-refractivity contribution in [2.24, 2.45) is 0 Å². The van der Waals surface area contributed by atoms with Gasteiger partial charge in [0.1, 0.15) is 0 Å². The minimum atomic E-state index is 0.0130. The lowest BCUT2D eigenvalue weighted by Gasteiger charge is -2.37. The SMILES string of the molecule is CCCN(CC(=O)Nc1c(Br)cc(Br)cc1Br)C1CNC1. The van der Waals surface area contributed by atoms with Crippen LogP contribution in [0.15, 0.2) is 25.6 Å². The Labute approximate surface area is 150 Å². The van der Waals surface area contributed by atoms with Crippen molar-refractivity contribution in [2.75, 3.05) is 31.5 Å². The van der Waals surface area contributed by atoms with E-state index >= 15 is 0 Å². The zero-order valence-corrected chi connectivity index (χ0v) is 16.5. The van der Waals surface area contributed by atoms with Gasteiger partial charge in [-0.3, -0.25) is 9.69 Å². The first-order valence-electron chi connectivity index (χ1n) is 6.90. The first-order chi connectivity index (χ1) is 10.0. The molecule has 1 heterocycles. The largest absolute Gasteiger partial charge is 0.323 e. The average molecular weight is 484 g/mol. The van der Waals surface area contributed by atoms with Crippen molar-refractivity contribution >= 4 is 59.4 Å². The summed E-state index contributed by atoms with van der Waals surface area (Å²) >= 11 is 10.4. The molecule has 0 unspecified atom stereocenters. The number of halogens is 3. The highest BCUT2D eigenvalue weighted by Crippen LogP contribution is 2.34. The van der Waals surface area contributed by atoms with Gasteiger partial charge in [-0.25, -0.2) is 0 Å². The molecule has 0 spiro atoms. The molecule has 4 nitrogen and oxygen atoms in total. The normalized spacial score (nSPS) is 15.1. The van der Waals surface area contributed by atoms with Crippen LogP contribution in [0, 0.1) is 0 Å². The fourth-order valence-corrected chi connectivity index (χ4v) is 4.69. The van der Waals surface area contributed by atoms with Crippen LogP contribution in [0.3, 0.4) is 0 Å². The van der Waals surface area contributed by atoms with Crippen LogP contribution in [0.2, 0.25) is 0 Å². The van der Waals surface area contributed by atoms with Crippen LogP contribution in [0.1, 0.15) is 13.3 Å². The highest BCUT2D eigenvalue weighted by atomic mass is 79.9. The fourth-order valence-electron chi connectivity index (χ4n) is 2.23. The number of hydrogen-bond donors (Lipinski definition) is 2. The number of carbonyl (C=O) groups is 1.